The van der Waals surface area contributed by atoms with Crippen LogP contribution in [0.1, 0.15) is 21.4 Å². The van der Waals surface area contributed by atoms with Gasteiger partial charge >= 0.3 is 0 Å². The Kier molecular flexibility index (Phi) is 3.97. The zero-order chi connectivity index (χ0) is 11.5. The fourth-order valence-corrected chi connectivity index (χ4v) is 3.20. The van der Waals surface area contributed by atoms with Crippen LogP contribution in [-0.2, 0) is 0 Å². The van der Waals surface area contributed by atoms with Crippen LogP contribution in [0.25, 0.3) is 0 Å². The first-order valence-corrected chi connectivity index (χ1v) is 6.66. The van der Waals surface area contributed by atoms with Crippen LogP contribution in [0.2, 0.25) is 0 Å². The van der Waals surface area contributed by atoms with E-state index in [1.807, 2.05) is 0 Å². The van der Waals surface area contributed by atoms with Gasteiger partial charge in [-0.25, -0.2) is 0 Å². The van der Waals surface area contributed by atoms with Crippen LogP contribution in [0.15, 0.2) is 6.07 Å². The number of thiophene rings is 1. The van der Waals surface area contributed by atoms with Crippen LogP contribution in [0, 0.1) is 13.8 Å². The molecular weight excluding hydrogens is 220 g/mol. The van der Waals surface area contributed by atoms with E-state index in [-0.39, 0.29) is 6.10 Å². The van der Waals surface area contributed by atoms with E-state index in [9.17, 15) is 5.11 Å². The number of nitrogens with zero attached hydrogens (tertiary/aromatic N) is 1. The van der Waals surface area contributed by atoms with Gasteiger partial charge in [0.05, 0.1) is 6.10 Å². The zero-order valence-corrected chi connectivity index (χ0v) is 10.8. The number of rotatable bonds is 3. The smallest absolute Gasteiger partial charge is 0.0927 e. The Bertz CT molecular complexity index is 345. The van der Waals surface area contributed by atoms with Crippen LogP contribution >= 0.6 is 11.3 Å². The van der Waals surface area contributed by atoms with Crippen molar-refractivity contribution in [3.05, 3.63) is 21.4 Å². The van der Waals surface area contributed by atoms with Crippen LogP contribution in [0.5, 0.6) is 0 Å². The number of aryl methyl sites for hydroxylation is 2. The van der Waals surface area contributed by atoms with E-state index < -0.39 is 0 Å². The molecule has 0 aliphatic carbocycles. The standard InChI is InChI=1S/C12H20N2OS/c1-9-7-11(10(2)16-9)12(15)8-14-5-3-13-4-6-14/h7,12-13,15H,3-6,8H2,1-2H3. The Morgan fingerprint density at radius 1 is 1.44 bits per heavy atom. The van der Waals surface area contributed by atoms with Gasteiger partial charge in [-0.05, 0) is 25.5 Å². The third kappa shape index (κ3) is 2.83. The van der Waals surface area contributed by atoms with E-state index >= 15 is 0 Å². The third-order valence-corrected chi connectivity index (χ3v) is 4.06. The molecule has 1 aromatic rings. The number of aliphatic hydroxyl groups is 1. The van der Waals surface area contributed by atoms with Gasteiger partial charge in [0, 0.05) is 42.5 Å². The highest BCUT2D eigenvalue weighted by molar-refractivity contribution is 7.12. The van der Waals surface area contributed by atoms with Gasteiger partial charge in [0.1, 0.15) is 0 Å². The van der Waals surface area contributed by atoms with Crippen molar-refractivity contribution in [3.63, 3.8) is 0 Å². The lowest BCUT2D eigenvalue weighted by Gasteiger charge is -2.29. The summed E-state index contributed by atoms with van der Waals surface area (Å²) in [5, 5.41) is 13.5. The minimum Gasteiger partial charge on any atom is -0.387 e. The summed E-state index contributed by atoms with van der Waals surface area (Å²) in [6, 6.07) is 2.12. The molecular formula is C12H20N2OS. The highest BCUT2D eigenvalue weighted by atomic mass is 32.1. The van der Waals surface area contributed by atoms with E-state index in [0.717, 1.165) is 38.3 Å². The molecule has 0 bridgehead atoms. The highest BCUT2D eigenvalue weighted by Gasteiger charge is 2.18. The fraction of sp³-hybridized carbons (Fsp3) is 0.667. The van der Waals surface area contributed by atoms with Crippen molar-refractivity contribution < 1.29 is 5.11 Å². The van der Waals surface area contributed by atoms with Crippen molar-refractivity contribution in [3.8, 4) is 0 Å². The van der Waals surface area contributed by atoms with E-state index in [2.05, 4.69) is 30.1 Å². The molecule has 0 aromatic carbocycles. The molecule has 0 amide bonds. The summed E-state index contributed by atoms with van der Waals surface area (Å²) in [5.41, 5.74) is 1.11. The molecule has 90 valence electrons. The molecule has 2 rings (SSSR count). The Morgan fingerprint density at radius 2 is 2.12 bits per heavy atom. The van der Waals surface area contributed by atoms with Crippen molar-refractivity contribution in [2.24, 2.45) is 0 Å². The van der Waals surface area contributed by atoms with E-state index in [1.54, 1.807) is 11.3 Å². The SMILES string of the molecule is Cc1cc(C(O)CN2CCNCC2)c(C)s1. The molecule has 1 aliphatic heterocycles. The van der Waals surface area contributed by atoms with Crippen LogP contribution in [0.4, 0.5) is 0 Å². The molecule has 4 heteroatoms. The summed E-state index contributed by atoms with van der Waals surface area (Å²) in [7, 11) is 0. The molecule has 2 N–H and O–H groups in total. The molecule has 1 aliphatic rings. The van der Waals surface area contributed by atoms with Gasteiger partial charge in [0.2, 0.25) is 0 Å². The normalized spacial score (nSPS) is 19.9. The zero-order valence-electron chi connectivity index (χ0n) is 9.99. The average Bonchev–Trinajstić information content (AvgIpc) is 2.59. The Labute approximate surface area is 101 Å². The van der Waals surface area contributed by atoms with Crippen LogP contribution < -0.4 is 5.32 Å². The second-order valence-corrected chi connectivity index (χ2v) is 5.90. The average molecular weight is 240 g/mol. The second kappa shape index (κ2) is 5.27. The Balaban J connectivity index is 1.96. The molecule has 2 heterocycles. The molecule has 3 nitrogen and oxygen atoms in total. The fourth-order valence-electron chi connectivity index (χ4n) is 2.22. The van der Waals surface area contributed by atoms with Gasteiger partial charge in [-0.3, -0.25) is 4.90 Å². The lowest BCUT2D eigenvalue weighted by Crippen LogP contribution is -2.44. The quantitative estimate of drug-likeness (QED) is 0.836. The Morgan fingerprint density at radius 3 is 2.69 bits per heavy atom. The molecule has 1 aromatic heterocycles. The summed E-state index contributed by atoms with van der Waals surface area (Å²) < 4.78 is 0. The van der Waals surface area contributed by atoms with Gasteiger partial charge in [-0.1, -0.05) is 0 Å². The van der Waals surface area contributed by atoms with Crippen LogP contribution in [-0.4, -0.2) is 42.7 Å². The first-order valence-electron chi connectivity index (χ1n) is 5.85. The van der Waals surface area contributed by atoms with Crippen molar-refractivity contribution in [1.29, 1.82) is 0 Å². The summed E-state index contributed by atoms with van der Waals surface area (Å²) in [5.74, 6) is 0. The monoisotopic (exact) mass is 240 g/mol. The second-order valence-electron chi connectivity index (χ2n) is 4.43. The number of β-amino-alcohol motifs (C(OH)–C–C–N with tert-alkyl or cyclic N) is 1. The number of aliphatic hydroxyl groups excluding tert-OH is 1. The molecule has 0 saturated carbocycles. The molecule has 16 heavy (non-hydrogen) atoms. The molecule has 0 spiro atoms. The van der Waals surface area contributed by atoms with E-state index in [0.29, 0.717) is 0 Å². The molecule has 1 saturated heterocycles. The first-order chi connectivity index (χ1) is 7.66. The predicted octanol–water partition coefficient (Wildman–Crippen LogP) is 1.30. The number of piperazine rings is 1. The van der Waals surface area contributed by atoms with E-state index in [1.165, 1.54) is 9.75 Å². The van der Waals surface area contributed by atoms with Crippen molar-refractivity contribution in [2.45, 2.75) is 20.0 Å². The van der Waals surface area contributed by atoms with Crippen LogP contribution in [0.3, 0.4) is 0 Å². The maximum Gasteiger partial charge on any atom is 0.0927 e. The largest absolute Gasteiger partial charge is 0.387 e. The summed E-state index contributed by atoms with van der Waals surface area (Å²) in [6.45, 7) is 9.10. The van der Waals surface area contributed by atoms with Gasteiger partial charge in [-0.15, -0.1) is 11.3 Å². The molecule has 0 radical (unpaired) electrons. The van der Waals surface area contributed by atoms with Crippen molar-refractivity contribution in [2.75, 3.05) is 32.7 Å². The van der Waals surface area contributed by atoms with Crippen molar-refractivity contribution >= 4 is 11.3 Å². The first kappa shape index (κ1) is 12.0. The summed E-state index contributed by atoms with van der Waals surface area (Å²) in [6.07, 6.45) is -0.331. The van der Waals surface area contributed by atoms with Gasteiger partial charge in [0.25, 0.3) is 0 Å². The van der Waals surface area contributed by atoms with Crippen molar-refractivity contribution in [1.82, 2.24) is 10.2 Å². The molecule has 1 fully saturated rings. The molecule has 1 unspecified atom stereocenters. The van der Waals surface area contributed by atoms with Gasteiger partial charge in [0.15, 0.2) is 0 Å². The van der Waals surface area contributed by atoms with Gasteiger partial charge < -0.3 is 10.4 Å². The summed E-state index contributed by atoms with van der Waals surface area (Å²) >= 11 is 1.77. The number of hydrogen-bond donors (Lipinski definition) is 2. The van der Waals surface area contributed by atoms with E-state index in [4.69, 9.17) is 0 Å². The third-order valence-electron chi connectivity index (χ3n) is 3.08. The summed E-state index contributed by atoms with van der Waals surface area (Å²) in [4.78, 5) is 4.86. The highest BCUT2D eigenvalue weighted by Crippen LogP contribution is 2.26. The minimum atomic E-state index is -0.331. The van der Waals surface area contributed by atoms with Gasteiger partial charge in [-0.2, -0.15) is 0 Å². The number of hydrogen-bond acceptors (Lipinski definition) is 4. The number of nitrogens with one attached hydrogen (secondary N) is 1. The lowest BCUT2D eigenvalue weighted by molar-refractivity contribution is 0.105. The minimum absolute atomic E-state index is 0.331. The Hall–Kier alpha value is -0.420. The predicted molar refractivity (Wildman–Crippen MR) is 68.1 cm³/mol. The maximum absolute atomic E-state index is 10.2. The molecule has 1 atom stereocenters. The maximum atomic E-state index is 10.2. The lowest BCUT2D eigenvalue weighted by atomic mass is 10.1. The topological polar surface area (TPSA) is 35.5 Å².